The number of aryl methyl sites for hydroxylation is 1. The van der Waals surface area contributed by atoms with E-state index < -0.39 is 6.04 Å². The average Bonchev–Trinajstić information content (AvgIpc) is 3.24. The number of nitrogens with zero attached hydrogens (tertiary/aromatic N) is 3. The number of benzene rings is 3. The summed E-state index contributed by atoms with van der Waals surface area (Å²) in [6.45, 7) is 3.42. The highest BCUT2D eigenvalue weighted by atomic mass is 79.9. The van der Waals surface area contributed by atoms with Gasteiger partial charge in [0, 0.05) is 45.6 Å². The van der Waals surface area contributed by atoms with E-state index in [0.717, 1.165) is 43.5 Å². The Morgan fingerprint density at radius 2 is 1.76 bits per heavy atom. The maximum absolute atomic E-state index is 14.7. The van der Waals surface area contributed by atoms with Crippen LogP contribution in [0.3, 0.4) is 0 Å². The second-order valence-corrected chi connectivity index (χ2v) is 9.04. The first kappa shape index (κ1) is 21.5. The number of carbonyl (C=O) groups is 1. The summed E-state index contributed by atoms with van der Waals surface area (Å²) in [5, 5.41) is 7.10. The molecule has 164 valence electrons. The van der Waals surface area contributed by atoms with Crippen LogP contribution in [0.25, 0.3) is 22.0 Å². The van der Waals surface area contributed by atoms with Gasteiger partial charge in [0.25, 0.3) is 0 Å². The Balaban J connectivity index is 1.75. The predicted octanol–water partition coefficient (Wildman–Crippen LogP) is 6.81. The van der Waals surface area contributed by atoms with Crippen LogP contribution in [0.1, 0.15) is 36.2 Å². The van der Waals surface area contributed by atoms with Gasteiger partial charge in [0.15, 0.2) is 0 Å². The third-order valence-electron chi connectivity index (χ3n) is 5.98. The van der Waals surface area contributed by atoms with Gasteiger partial charge in [0.05, 0.1) is 17.3 Å². The molecule has 3 aromatic carbocycles. The quantitative estimate of drug-likeness (QED) is 0.309. The Kier molecular flexibility index (Phi) is 5.54. The number of fused-ring (bicyclic) bond motifs is 1. The number of pyridine rings is 1. The summed E-state index contributed by atoms with van der Waals surface area (Å²) in [4.78, 5) is 17.3. The van der Waals surface area contributed by atoms with Crippen LogP contribution in [0.4, 0.5) is 4.39 Å². The van der Waals surface area contributed by atoms with E-state index in [1.54, 1.807) is 18.2 Å². The van der Waals surface area contributed by atoms with Crippen LogP contribution >= 0.6 is 15.9 Å². The van der Waals surface area contributed by atoms with Crippen molar-refractivity contribution in [1.82, 2.24) is 9.99 Å². The lowest BCUT2D eigenvalue weighted by Gasteiger charge is -2.20. The molecule has 0 fully saturated rings. The van der Waals surface area contributed by atoms with E-state index >= 15 is 0 Å². The summed E-state index contributed by atoms with van der Waals surface area (Å²) >= 11 is 3.59. The molecule has 0 unspecified atom stereocenters. The van der Waals surface area contributed by atoms with Gasteiger partial charge in [0.2, 0.25) is 5.91 Å². The normalized spacial score (nSPS) is 15.7. The summed E-state index contributed by atoms with van der Waals surface area (Å²) < 4.78 is 15.6. The molecule has 0 radical (unpaired) electrons. The van der Waals surface area contributed by atoms with Crippen molar-refractivity contribution in [3.63, 3.8) is 0 Å². The zero-order chi connectivity index (χ0) is 23.1. The van der Waals surface area contributed by atoms with Gasteiger partial charge in [-0.05, 0) is 36.8 Å². The molecule has 0 spiro atoms. The zero-order valence-electron chi connectivity index (χ0n) is 18.2. The first-order chi connectivity index (χ1) is 15.9. The maximum atomic E-state index is 14.7. The van der Waals surface area contributed by atoms with Crippen molar-refractivity contribution in [2.45, 2.75) is 26.3 Å². The number of rotatable bonds is 3. The molecule has 33 heavy (non-hydrogen) atoms. The average molecular weight is 502 g/mol. The van der Waals surface area contributed by atoms with Crippen LogP contribution < -0.4 is 0 Å². The predicted molar refractivity (Wildman–Crippen MR) is 132 cm³/mol. The number of aromatic nitrogens is 1. The minimum atomic E-state index is -0.500. The van der Waals surface area contributed by atoms with Crippen LogP contribution in [-0.4, -0.2) is 21.6 Å². The summed E-state index contributed by atoms with van der Waals surface area (Å²) in [7, 11) is 0. The summed E-state index contributed by atoms with van der Waals surface area (Å²) in [6, 6.07) is 22.2. The highest BCUT2D eigenvalue weighted by Crippen LogP contribution is 2.40. The van der Waals surface area contributed by atoms with Gasteiger partial charge in [0.1, 0.15) is 5.82 Å². The fraction of sp³-hybridized carbons (Fsp3) is 0.148. The lowest BCUT2D eigenvalue weighted by atomic mass is 9.89. The van der Waals surface area contributed by atoms with E-state index in [2.05, 4.69) is 34.1 Å². The van der Waals surface area contributed by atoms with Crippen molar-refractivity contribution in [1.29, 1.82) is 0 Å². The largest absolute Gasteiger partial charge is 0.273 e. The molecular weight excluding hydrogens is 481 g/mol. The third-order valence-corrected chi connectivity index (χ3v) is 6.47. The van der Waals surface area contributed by atoms with Gasteiger partial charge >= 0.3 is 0 Å². The Morgan fingerprint density at radius 1 is 1.03 bits per heavy atom. The SMILES string of the molecule is CC(=O)N1N=C(c2c(C)nc3ccc(Br)cc3c2-c2ccccc2)C[C@H]1c1ccccc1F. The van der Waals surface area contributed by atoms with Crippen LogP contribution in [-0.2, 0) is 4.79 Å². The molecule has 1 aromatic heterocycles. The molecule has 0 bridgehead atoms. The molecule has 4 aromatic rings. The smallest absolute Gasteiger partial charge is 0.240 e. The highest BCUT2D eigenvalue weighted by Gasteiger charge is 2.35. The zero-order valence-corrected chi connectivity index (χ0v) is 19.8. The molecule has 1 aliphatic heterocycles. The van der Waals surface area contributed by atoms with Crippen LogP contribution in [0.15, 0.2) is 82.4 Å². The molecule has 5 rings (SSSR count). The minimum absolute atomic E-state index is 0.228. The van der Waals surface area contributed by atoms with Crippen molar-refractivity contribution in [3.8, 4) is 11.1 Å². The standard InChI is InChI=1S/C27H21BrFN3O/c1-16-26(24-15-25(32(31-24)17(2)33)20-10-6-7-11-22(20)29)27(18-8-4-3-5-9-18)21-14-19(28)12-13-23(21)30-16/h3-14,25H,15H2,1-2H3/t25-/m0/s1. The monoisotopic (exact) mass is 501 g/mol. The van der Waals surface area contributed by atoms with E-state index in [9.17, 15) is 9.18 Å². The Hall–Kier alpha value is -3.38. The molecule has 4 nitrogen and oxygen atoms in total. The third kappa shape index (κ3) is 3.85. The van der Waals surface area contributed by atoms with Gasteiger partial charge in [-0.1, -0.05) is 64.5 Å². The number of hydrogen-bond donors (Lipinski definition) is 0. The number of carbonyl (C=O) groups excluding carboxylic acids is 1. The van der Waals surface area contributed by atoms with Crippen molar-refractivity contribution in [2.75, 3.05) is 0 Å². The van der Waals surface area contributed by atoms with Gasteiger partial charge < -0.3 is 0 Å². The van der Waals surface area contributed by atoms with Gasteiger partial charge in [-0.15, -0.1) is 0 Å². The van der Waals surface area contributed by atoms with E-state index in [0.29, 0.717) is 12.0 Å². The van der Waals surface area contributed by atoms with Crippen LogP contribution in [0.5, 0.6) is 0 Å². The highest BCUT2D eigenvalue weighted by molar-refractivity contribution is 9.10. The van der Waals surface area contributed by atoms with Crippen molar-refractivity contribution >= 4 is 38.5 Å². The van der Waals surface area contributed by atoms with Crippen molar-refractivity contribution in [3.05, 3.63) is 99.9 Å². The fourth-order valence-corrected chi connectivity index (χ4v) is 4.92. The Bertz CT molecular complexity index is 1420. The first-order valence-corrected chi connectivity index (χ1v) is 11.5. The van der Waals surface area contributed by atoms with Gasteiger partial charge in [-0.25, -0.2) is 9.40 Å². The minimum Gasteiger partial charge on any atom is -0.273 e. The maximum Gasteiger partial charge on any atom is 0.240 e. The van der Waals surface area contributed by atoms with Crippen LogP contribution in [0.2, 0.25) is 0 Å². The number of hydrogen-bond acceptors (Lipinski definition) is 3. The lowest BCUT2D eigenvalue weighted by Crippen LogP contribution is -2.25. The number of amides is 1. The second-order valence-electron chi connectivity index (χ2n) is 8.13. The molecular formula is C27H21BrFN3O. The molecule has 0 saturated heterocycles. The summed E-state index contributed by atoms with van der Waals surface area (Å²) in [6.07, 6.45) is 0.405. The lowest BCUT2D eigenvalue weighted by molar-refractivity contribution is -0.130. The van der Waals surface area contributed by atoms with E-state index in [-0.39, 0.29) is 11.7 Å². The number of hydrazone groups is 1. The topological polar surface area (TPSA) is 45.6 Å². The molecule has 0 saturated carbocycles. The fourth-order valence-electron chi connectivity index (χ4n) is 4.56. The molecule has 1 aliphatic rings. The molecule has 1 amide bonds. The summed E-state index contributed by atoms with van der Waals surface area (Å²) in [5.74, 6) is -0.570. The molecule has 2 heterocycles. The molecule has 1 atom stereocenters. The summed E-state index contributed by atoms with van der Waals surface area (Å²) in [5.41, 5.74) is 5.82. The van der Waals surface area contributed by atoms with Crippen molar-refractivity contribution < 1.29 is 9.18 Å². The van der Waals surface area contributed by atoms with E-state index in [1.807, 2.05) is 37.3 Å². The Labute approximate surface area is 199 Å². The number of halogens is 2. The van der Waals surface area contributed by atoms with E-state index in [4.69, 9.17) is 10.1 Å². The second kappa shape index (κ2) is 8.52. The van der Waals surface area contributed by atoms with Gasteiger partial charge in [-0.3, -0.25) is 9.78 Å². The molecule has 0 N–H and O–H groups in total. The van der Waals surface area contributed by atoms with Gasteiger partial charge in [-0.2, -0.15) is 5.10 Å². The first-order valence-electron chi connectivity index (χ1n) is 10.7. The molecule has 0 aliphatic carbocycles. The Morgan fingerprint density at radius 3 is 2.48 bits per heavy atom. The van der Waals surface area contributed by atoms with Crippen LogP contribution in [0, 0.1) is 12.7 Å². The van der Waals surface area contributed by atoms with E-state index in [1.165, 1.54) is 18.0 Å². The van der Waals surface area contributed by atoms with Crippen molar-refractivity contribution in [2.24, 2.45) is 5.10 Å². The molecule has 6 heteroatoms.